The standard InChI is InChI=1S/C18H12F2O2S/c19-16-7-14(22-10-12-4-2-1-3-5-12)8-17(20)18(16)13-6-15(9-21)23-11-13/h1-9,11H,10H2. The van der Waals surface area contributed by atoms with E-state index in [9.17, 15) is 13.6 Å². The van der Waals surface area contributed by atoms with Crippen LogP contribution in [0.1, 0.15) is 15.2 Å². The molecule has 0 fully saturated rings. The number of aldehydes is 1. The lowest BCUT2D eigenvalue weighted by atomic mass is 10.1. The molecule has 2 aromatic carbocycles. The van der Waals surface area contributed by atoms with Crippen LogP contribution < -0.4 is 4.74 Å². The van der Waals surface area contributed by atoms with Gasteiger partial charge in [0.2, 0.25) is 0 Å². The zero-order valence-corrected chi connectivity index (χ0v) is 12.8. The van der Waals surface area contributed by atoms with Crippen LogP contribution in [0.3, 0.4) is 0 Å². The molecule has 0 atom stereocenters. The molecular weight excluding hydrogens is 318 g/mol. The third-order valence-electron chi connectivity index (χ3n) is 3.29. The van der Waals surface area contributed by atoms with Crippen molar-refractivity contribution >= 4 is 17.6 Å². The highest BCUT2D eigenvalue weighted by atomic mass is 32.1. The Kier molecular flexibility index (Phi) is 4.48. The molecule has 2 nitrogen and oxygen atoms in total. The number of benzene rings is 2. The van der Waals surface area contributed by atoms with Crippen molar-refractivity contribution in [1.82, 2.24) is 0 Å². The molecule has 1 aromatic heterocycles. The maximum absolute atomic E-state index is 14.2. The number of rotatable bonds is 5. The minimum Gasteiger partial charge on any atom is -0.489 e. The zero-order chi connectivity index (χ0) is 16.2. The Morgan fingerprint density at radius 3 is 2.35 bits per heavy atom. The Labute approximate surface area is 136 Å². The van der Waals surface area contributed by atoms with Crippen molar-refractivity contribution in [2.24, 2.45) is 0 Å². The average Bonchev–Trinajstić information content (AvgIpc) is 3.02. The third-order valence-corrected chi connectivity index (χ3v) is 4.15. The molecule has 0 saturated carbocycles. The number of hydrogen-bond acceptors (Lipinski definition) is 3. The Hall–Kier alpha value is -2.53. The van der Waals surface area contributed by atoms with Crippen molar-refractivity contribution in [2.45, 2.75) is 6.61 Å². The molecule has 0 spiro atoms. The molecule has 0 aliphatic heterocycles. The molecule has 0 radical (unpaired) electrons. The lowest BCUT2D eigenvalue weighted by Gasteiger charge is -2.09. The van der Waals surface area contributed by atoms with Gasteiger partial charge < -0.3 is 4.74 Å². The van der Waals surface area contributed by atoms with Gasteiger partial charge in [0.05, 0.1) is 10.4 Å². The topological polar surface area (TPSA) is 26.3 Å². The lowest BCUT2D eigenvalue weighted by molar-refractivity contribution is 0.112. The first-order valence-electron chi connectivity index (χ1n) is 6.87. The molecule has 1 heterocycles. The van der Waals surface area contributed by atoms with E-state index in [0.717, 1.165) is 29.0 Å². The van der Waals surface area contributed by atoms with E-state index >= 15 is 0 Å². The zero-order valence-electron chi connectivity index (χ0n) is 12.0. The SMILES string of the molecule is O=Cc1cc(-c2c(F)cc(OCc3ccccc3)cc2F)cs1. The van der Waals surface area contributed by atoms with Gasteiger partial charge in [-0.3, -0.25) is 4.79 Å². The summed E-state index contributed by atoms with van der Waals surface area (Å²) >= 11 is 1.14. The number of carbonyl (C=O) groups is 1. The lowest BCUT2D eigenvalue weighted by Crippen LogP contribution is -1.98. The first-order valence-corrected chi connectivity index (χ1v) is 7.75. The Bertz CT molecular complexity index is 805. The summed E-state index contributed by atoms with van der Waals surface area (Å²) in [4.78, 5) is 11.1. The fourth-order valence-corrected chi connectivity index (χ4v) is 2.90. The molecule has 0 bridgehead atoms. The van der Waals surface area contributed by atoms with Crippen LogP contribution in [0.5, 0.6) is 5.75 Å². The molecule has 0 unspecified atom stereocenters. The van der Waals surface area contributed by atoms with Crippen LogP contribution in [-0.2, 0) is 6.61 Å². The predicted octanol–water partition coefficient (Wildman–Crippen LogP) is 5.08. The van der Waals surface area contributed by atoms with Crippen molar-refractivity contribution in [3.63, 3.8) is 0 Å². The second-order valence-corrected chi connectivity index (χ2v) is 5.83. The molecular formula is C18H12F2O2S. The molecule has 0 N–H and O–H groups in total. The summed E-state index contributed by atoms with van der Waals surface area (Å²) in [5.41, 5.74) is 1.11. The number of ether oxygens (including phenoxy) is 1. The van der Waals surface area contributed by atoms with Gasteiger partial charge in [0.1, 0.15) is 24.0 Å². The Morgan fingerprint density at radius 2 is 1.74 bits per heavy atom. The normalized spacial score (nSPS) is 10.5. The van der Waals surface area contributed by atoms with Gasteiger partial charge in [-0.25, -0.2) is 8.78 Å². The van der Waals surface area contributed by atoms with E-state index < -0.39 is 11.6 Å². The van der Waals surface area contributed by atoms with Gasteiger partial charge in [-0.2, -0.15) is 0 Å². The van der Waals surface area contributed by atoms with Crippen LogP contribution in [0, 0.1) is 11.6 Å². The number of halogens is 2. The van der Waals surface area contributed by atoms with Crippen molar-refractivity contribution in [1.29, 1.82) is 0 Å². The molecule has 3 rings (SSSR count). The fourth-order valence-electron chi connectivity index (χ4n) is 2.20. The first kappa shape index (κ1) is 15.4. The summed E-state index contributed by atoms with van der Waals surface area (Å²) in [5, 5.41) is 1.55. The molecule has 3 aromatic rings. The minimum absolute atomic E-state index is 0.124. The van der Waals surface area contributed by atoms with Crippen molar-refractivity contribution in [3.8, 4) is 16.9 Å². The number of hydrogen-bond donors (Lipinski definition) is 0. The van der Waals surface area contributed by atoms with E-state index in [1.54, 1.807) is 5.38 Å². The fraction of sp³-hybridized carbons (Fsp3) is 0.0556. The monoisotopic (exact) mass is 330 g/mol. The largest absolute Gasteiger partial charge is 0.489 e. The highest BCUT2D eigenvalue weighted by Gasteiger charge is 2.15. The van der Waals surface area contributed by atoms with Gasteiger partial charge in [-0.15, -0.1) is 11.3 Å². The van der Waals surface area contributed by atoms with Crippen molar-refractivity contribution in [2.75, 3.05) is 0 Å². The van der Waals surface area contributed by atoms with Crippen molar-refractivity contribution in [3.05, 3.63) is 76.0 Å². The molecule has 116 valence electrons. The van der Waals surface area contributed by atoms with Gasteiger partial charge in [0, 0.05) is 12.1 Å². The Balaban J connectivity index is 1.84. The van der Waals surface area contributed by atoms with Gasteiger partial charge in [-0.1, -0.05) is 30.3 Å². The van der Waals surface area contributed by atoms with Gasteiger partial charge >= 0.3 is 0 Å². The smallest absolute Gasteiger partial charge is 0.160 e. The number of thiophene rings is 1. The second kappa shape index (κ2) is 6.71. The van der Waals surface area contributed by atoms with Gasteiger partial charge in [0.25, 0.3) is 0 Å². The van der Waals surface area contributed by atoms with Crippen LogP contribution in [0.15, 0.2) is 53.9 Å². The minimum atomic E-state index is -0.719. The maximum atomic E-state index is 14.2. The quantitative estimate of drug-likeness (QED) is 0.610. The van der Waals surface area contributed by atoms with E-state index in [4.69, 9.17) is 4.74 Å². The predicted molar refractivity (Wildman–Crippen MR) is 85.8 cm³/mol. The summed E-state index contributed by atoms with van der Waals surface area (Å²) in [6, 6.07) is 13.1. The summed E-state index contributed by atoms with van der Waals surface area (Å²) in [6.45, 7) is 0.229. The molecule has 0 saturated heterocycles. The van der Waals surface area contributed by atoms with Gasteiger partial charge in [0.15, 0.2) is 6.29 Å². The summed E-state index contributed by atoms with van der Waals surface area (Å²) in [5.74, 6) is -1.31. The maximum Gasteiger partial charge on any atom is 0.160 e. The molecule has 5 heteroatoms. The van der Waals surface area contributed by atoms with E-state index in [-0.39, 0.29) is 17.9 Å². The average molecular weight is 330 g/mol. The highest BCUT2D eigenvalue weighted by molar-refractivity contribution is 7.12. The first-order chi connectivity index (χ1) is 11.2. The molecule has 0 aliphatic rings. The van der Waals surface area contributed by atoms with Crippen LogP contribution in [-0.4, -0.2) is 6.29 Å². The van der Waals surface area contributed by atoms with Crippen LogP contribution >= 0.6 is 11.3 Å². The summed E-state index contributed by atoms with van der Waals surface area (Å²) < 4.78 is 33.9. The van der Waals surface area contributed by atoms with Gasteiger partial charge in [-0.05, 0) is 22.6 Å². The van der Waals surface area contributed by atoms with E-state index in [1.165, 1.54) is 6.07 Å². The van der Waals surface area contributed by atoms with Crippen molar-refractivity contribution < 1.29 is 18.3 Å². The number of carbonyl (C=O) groups excluding carboxylic acids is 1. The second-order valence-electron chi connectivity index (χ2n) is 4.89. The van der Waals surface area contributed by atoms with Crippen LogP contribution in [0.25, 0.3) is 11.1 Å². The third kappa shape index (κ3) is 3.46. The highest BCUT2D eigenvalue weighted by Crippen LogP contribution is 2.32. The summed E-state index contributed by atoms with van der Waals surface area (Å²) in [6.07, 6.45) is 0.654. The van der Waals surface area contributed by atoms with E-state index in [1.807, 2.05) is 30.3 Å². The molecule has 0 aliphatic carbocycles. The summed E-state index contributed by atoms with van der Waals surface area (Å²) in [7, 11) is 0. The van der Waals surface area contributed by atoms with Crippen LogP contribution in [0.4, 0.5) is 8.78 Å². The molecule has 0 amide bonds. The van der Waals surface area contributed by atoms with E-state index in [2.05, 4.69) is 0 Å². The Morgan fingerprint density at radius 1 is 1.04 bits per heavy atom. The van der Waals surface area contributed by atoms with E-state index in [0.29, 0.717) is 16.7 Å². The molecule has 23 heavy (non-hydrogen) atoms. The van der Waals surface area contributed by atoms with Crippen LogP contribution in [0.2, 0.25) is 0 Å².